The van der Waals surface area contributed by atoms with Gasteiger partial charge in [0.15, 0.2) is 11.7 Å². The standard InChI is InChI=1S/C20H18Cl2N2O3/c1-2-26-15-6-3-13(4-7-15)18-12-23-20(27-18)10-9-19(25)24-17-11-14(21)5-8-16(17)22/h3-8,11-12H,2,9-10H2,1H3,(H,24,25). The third kappa shape index (κ3) is 5.25. The first kappa shape index (κ1) is 19.3. The van der Waals surface area contributed by atoms with Crippen molar-refractivity contribution in [3.63, 3.8) is 0 Å². The van der Waals surface area contributed by atoms with Gasteiger partial charge >= 0.3 is 0 Å². The second-order valence-corrected chi connectivity index (χ2v) is 6.59. The molecule has 1 heterocycles. The highest BCUT2D eigenvalue weighted by molar-refractivity contribution is 6.35. The number of rotatable bonds is 7. The number of anilines is 1. The molecule has 3 aromatic rings. The number of hydrogen-bond acceptors (Lipinski definition) is 4. The molecule has 0 spiro atoms. The van der Waals surface area contributed by atoms with Gasteiger partial charge in [-0.25, -0.2) is 4.98 Å². The molecule has 0 aliphatic rings. The molecule has 1 aromatic heterocycles. The first-order valence-corrected chi connectivity index (χ1v) is 9.23. The van der Waals surface area contributed by atoms with Crippen LogP contribution in [0.2, 0.25) is 10.0 Å². The van der Waals surface area contributed by atoms with Crippen molar-refractivity contribution < 1.29 is 13.9 Å². The Balaban J connectivity index is 1.57. The third-order valence-electron chi connectivity index (χ3n) is 3.77. The van der Waals surface area contributed by atoms with E-state index in [4.69, 9.17) is 32.4 Å². The number of aryl methyl sites for hydroxylation is 1. The van der Waals surface area contributed by atoms with E-state index in [1.165, 1.54) is 0 Å². The molecule has 140 valence electrons. The second-order valence-electron chi connectivity index (χ2n) is 5.75. The van der Waals surface area contributed by atoms with Crippen LogP contribution >= 0.6 is 23.2 Å². The van der Waals surface area contributed by atoms with Crippen molar-refractivity contribution in [3.05, 3.63) is 64.6 Å². The van der Waals surface area contributed by atoms with Gasteiger partial charge in [-0.15, -0.1) is 0 Å². The number of ether oxygens (including phenoxy) is 1. The van der Waals surface area contributed by atoms with E-state index < -0.39 is 0 Å². The summed E-state index contributed by atoms with van der Waals surface area (Å²) in [4.78, 5) is 16.4. The van der Waals surface area contributed by atoms with Crippen molar-refractivity contribution in [1.82, 2.24) is 4.98 Å². The fraction of sp³-hybridized carbons (Fsp3) is 0.200. The Morgan fingerprint density at radius 3 is 2.70 bits per heavy atom. The number of carbonyl (C=O) groups is 1. The van der Waals surface area contributed by atoms with Gasteiger partial charge in [0.2, 0.25) is 5.91 Å². The van der Waals surface area contributed by atoms with Crippen LogP contribution in [0.1, 0.15) is 19.2 Å². The summed E-state index contributed by atoms with van der Waals surface area (Å²) in [5, 5.41) is 3.67. The molecule has 0 saturated carbocycles. The Labute approximate surface area is 167 Å². The number of nitrogens with one attached hydrogen (secondary N) is 1. The molecular formula is C20H18Cl2N2O3. The Hall–Kier alpha value is -2.50. The van der Waals surface area contributed by atoms with Gasteiger partial charge in [-0.3, -0.25) is 4.79 Å². The first-order chi connectivity index (χ1) is 13.0. The van der Waals surface area contributed by atoms with Gasteiger partial charge < -0.3 is 14.5 Å². The zero-order chi connectivity index (χ0) is 19.2. The van der Waals surface area contributed by atoms with Gasteiger partial charge in [0.1, 0.15) is 5.75 Å². The minimum atomic E-state index is -0.194. The molecule has 1 N–H and O–H groups in total. The number of amides is 1. The molecule has 2 aromatic carbocycles. The van der Waals surface area contributed by atoms with Gasteiger partial charge in [-0.1, -0.05) is 23.2 Å². The molecule has 0 unspecified atom stereocenters. The summed E-state index contributed by atoms with van der Waals surface area (Å²) in [7, 11) is 0. The van der Waals surface area contributed by atoms with Crippen molar-refractivity contribution in [2.45, 2.75) is 19.8 Å². The highest BCUT2D eigenvalue weighted by Crippen LogP contribution is 2.26. The van der Waals surface area contributed by atoms with Gasteiger partial charge in [-0.05, 0) is 49.4 Å². The molecule has 0 bridgehead atoms. The zero-order valence-electron chi connectivity index (χ0n) is 14.7. The lowest BCUT2D eigenvalue weighted by Crippen LogP contribution is -2.12. The van der Waals surface area contributed by atoms with E-state index in [0.29, 0.717) is 40.4 Å². The monoisotopic (exact) mass is 404 g/mol. The van der Waals surface area contributed by atoms with E-state index in [-0.39, 0.29) is 12.3 Å². The number of aromatic nitrogens is 1. The van der Waals surface area contributed by atoms with Crippen LogP contribution in [0, 0.1) is 0 Å². The molecular weight excluding hydrogens is 387 g/mol. The van der Waals surface area contributed by atoms with Crippen molar-refractivity contribution in [3.8, 4) is 17.1 Å². The van der Waals surface area contributed by atoms with E-state index in [9.17, 15) is 4.79 Å². The summed E-state index contributed by atoms with van der Waals surface area (Å²) in [6.45, 7) is 2.56. The summed E-state index contributed by atoms with van der Waals surface area (Å²) >= 11 is 12.0. The number of benzene rings is 2. The van der Waals surface area contributed by atoms with E-state index in [2.05, 4.69) is 10.3 Å². The van der Waals surface area contributed by atoms with Crippen LogP contribution in [0.5, 0.6) is 5.75 Å². The molecule has 0 radical (unpaired) electrons. The quantitative estimate of drug-likeness (QED) is 0.554. The molecule has 3 rings (SSSR count). The van der Waals surface area contributed by atoms with Crippen LogP contribution in [0.15, 0.2) is 53.1 Å². The summed E-state index contributed by atoms with van der Waals surface area (Å²) in [6.07, 6.45) is 2.24. The van der Waals surface area contributed by atoms with Crippen molar-refractivity contribution in [2.75, 3.05) is 11.9 Å². The molecule has 0 atom stereocenters. The van der Waals surface area contributed by atoms with Crippen LogP contribution in [-0.2, 0) is 11.2 Å². The molecule has 0 saturated heterocycles. The smallest absolute Gasteiger partial charge is 0.224 e. The van der Waals surface area contributed by atoms with Gasteiger partial charge in [0.25, 0.3) is 0 Å². The topological polar surface area (TPSA) is 64.4 Å². The molecule has 7 heteroatoms. The van der Waals surface area contributed by atoms with E-state index in [1.807, 2.05) is 31.2 Å². The molecule has 1 amide bonds. The van der Waals surface area contributed by atoms with Crippen LogP contribution in [0.3, 0.4) is 0 Å². The number of halogens is 2. The summed E-state index contributed by atoms with van der Waals surface area (Å²) < 4.78 is 11.2. The van der Waals surface area contributed by atoms with Crippen LogP contribution in [0.25, 0.3) is 11.3 Å². The minimum Gasteiger partial charge on any atom is -0.494 e. The van der Waals surface area contributed by atoms with Crippen LogP contribution < -0.4 is 10.1 Å². The Morgan fingerprint density at radius 1 is 1.19 bits per heavy atom. The lowest BCUT2D eigenvalue weighted by Gasteiger charge is -2.07. The van der Waals surface area contributed by atoms with Crippen molar-refractivity contribution in [1.29, 1.82) is 0 Å². The Morgan fingerprint density at radius 2 is 1.96 bits per heavy atom. The summed E-state index contributed by atoms with van der Waals surface area (Å²) in [6, 6.07) is 12.5. The van der Waals surface area contributed by atoms with Gasteiger partial charge in [-0.2, -0.15) is 0 Å². The Bertz CT molecular complexity index is 923. The lowest BCUT2D eigenvalue weighted by molar-refractivity contribution is -0.116. The summed E-state index contributed by atoms with van der Waals surface area (Å²) in [5.74, 6) is 1.75. The van der Waals surface area contributed by atoms with E-state index >= 15 is 0 Å². The third-order valence-corrected chi connectivity index (χ3v) is 4.34. The van der Waals surface area contributed by atoms with E-state index in [0.717, 1.165) is 11.3 Å². The highest BCUT2D eigenvalue weighted by Gasteiger charge is 2.11. The lowest BCUT2D eigenvalue weighted by atomic mass is 10.2. The molecule has 27 heavy (non-hydrogen) atoms. The minimum absolute atomic E-state index is 0.194. The average Bonchev–Trinajstić information content (AvgIpc) is 3.13. The highest BCUT2D eigenvalue weighted by atomic mass is 35.5. The van der Waals surface area contributed by atoms with Gasteiger partial charge in [0.05, 0.1) is 23.5 Å². The summed E-state index contributed by atoms with van der Waals surface area (Å²) in [5.41, 5.74) is 1.38. The van der Waals surface area contributed by atoms with Crippen molar-refractivity contribution in [2.24, 2.45) is 0 Å². The normalized spacial score (nSPS) is 10.6. The predicted molar refractivity (Wildman–Crippen MR) is 107 cm³/mol. The molecule has 0 fully saturated rings. The maximum absolute atomic E-state index is 12.1. The largest absolute Gasteiger partial charge is 0.494 e. The van der Waals surface area contributed by atoms with Gasteiger partial charge in [0, 0.05) is 23.4 Å². The van der Waals surface area contributed by atoms with Crippen LogP contribution in [0.4, 0.5) is 5.69 Å². The molecule has 0 aliphatic heterocycles. The van der Waals surface area contributed by atoms with E-state index in [1.54, 1.807) is 24.4 Å². The second kappa shape index (κ2) is 8.93. The maximum Gasteiger partial charge on any atom is 0.224 e. The van der Waals surface area contributed by atoms with Crippen LogP contribution in [-0.4, -0.2) is 17.5 Å². The number of carbonyl (C=O) groups excluding carboxylic acids is 1. The Kier molecular flexibility index (Phi) is 6.37. The predicted octanol–water partition coefficient (Wildman–Crippen LogP) is 5.62. The number of hydrogen-bond donors (Lipinski definition) is 1. The SMILES string of the molecule is CCOc1ccc(-c2cnc(CCC(=O)Nc3cc(Cl)ccc3Cl)o2)cc1. The van der Waals surface area contributed by atoms with Crippen molar-refractivity contribution >= 4 is 34.8 Å². The fourth-order valence-corrected chi connectivity index (χ4v) is 2.80. The fourth-order valence-electron chi connectivity index (χ4n) is 2.47. The maximum atomic E-state index is 12.1. The molecule has 5 nitrogen and oxygen atoms in total. The molecule has 0 aliphatic carbocycles. The number of oxazole rings is 1. The average molecular weight is 405 g/mol. The zero-order valence-corrected chi connectivity index (χ0v) is 16.2. The first-order valence-electron chi connectivity index (χ1n) is 8.48. The number of nitrogens with zero attached hydrogens (tertiary/aromatic N) is 1.